The van der Waals surface area contributed by atoms with Gasteiger partial charge in [0.15, 0.2) is 0 Å². The topological polar surface area (TPSA) is 17.1 Å². The molecule has 14 heavy (non-hydrogen) atoms. The minimum atomic E-state index is 0.436. The van der Waals surface area contributed by atoms with Gasteiger partial charge in [-0.15, -0.1) is 11.3 Å². The van der Waals surface area contributed by atoms with Crippen LogP contribution in [0, 0.1) is 12.8 Å². The number of aldehydes is 1. The van der Waals surface area contributed by atoms with Crippen LogP contribution < -0.4 is 0 Å². The highest BCUT2D eigenvalue weighted by Crippen LogP contribution is 2.31. The molecule has 0 radical (unpaired) electrons. The highest BCUT2D eigenvalue weighted by molar-refractivity contribution is 7.12. The number of rotatable bonds is 5. The van der Waals surface area contributed by atoms with E-state index < -0.39 is 0 Å². The van der Waals surface area contributed by atoms with Crippen molar-refractivity contribution in [2.24, 2.45) is 5.92 Å². The van der Waals surface area contributed by atoms with Crippen LogP contribution in [0.1, 0.15) is 42.4 Å². The second kappa shape index (κ2) is 5.30. The minimum absolute atomic E-state index is 0.436. The molecule has 1 heterocycles. The minimum Gasteiger partial charge on any atom is -0.303 e. The number of carbonyl (C=O) groups excluding carboxylic acids is 1. The van der Waals surface area contributed by atoms with Crippen LogP contribution in [0.15, 0.2) is 12.1 Å². The summed E-state index contributed by atoms with van der Waals surface area (Å²) in [4.78, 5) is 13.3. The second-order valence-corrected chi connectivity index (χ2v) is 5.50. The van der Waals surface area contributed by atoms with Crippen molar-refractivity contribution in [3.05, 3.63) is 21.9 Å². The van der Waals surface area contributed by atoms with Crippen molar-refractivity contribution >= 4 is 17.6 Å². The number of carbonyl (C=O) groups is 1. The highest BCUT2D eigenvalue weighted by Gasteiger charge is 2.14. The Hall–Kier alpha value is -0.630. The molecule has 0 spiro atoms. The molecule has 0 aromatic carbocycles. The molecule has 1 aromatic heterocycles. The van der Waals surface area contributed by atoms with Gasteiger partial charge in [0.25, 0.3) is 0 Å². The van der Waals surface area contributed by atoms with E-state index in [0.29, 0.717) is 18.3 Å². The van der Waals surface area contributed by atoms with Gasteiger partial charge in [0.05, 0.1) is 0 Å². The van der Waals surface area contributed by atoms with Crippen molar-refractivity contribution in [1.82, 2.24) is 0 Å². The van der Waals surface area contributed by atoms with Crippen molar-refractivity contribution in [3.63, 3.8) is 0 Å². The Bertz CT molecular complexity index is 288. The third-order valence-electron chi connectivity index (χ3n) is 2.30. The predicted molar refractivity (Wildman–Crippen MR) is 61.9 cm³/mol. The molecule has 2 heteroatoms. The maximum Gasteiger partial charge on any atom is 0.120 e. The van der Waals surface area contributed by atoms with Gasteiger partial charge in [-0.05, 0) is 31.4 Å². The van der Waals surface area contributed by atoms with Gasteiger partial charge >= 0.3 is 0 Å². The molecule has 0 aliphatic heterocycles. The van der Waals surface area contributed by atoms with E-state index in [-0.39, 0.29) is 0 Å². The van der Waals surface area contributed by atoms with Crippen molar-refractivity contribution < 1.29 is 4.79 Å². The first-order chi connectivity index (χ1) is 6.63. The normalized spacial score (nSPS) is 13.1. The van der Waals surface area contributed by atoms with Crippen molar-refractivity contribution in [1.29, 1.82) is 0 Å². The lowest BCUT2D eigenvalue weighted by molar-refractivity contribution is -0.108. The van der Waals surface area contributed by atoms with Gasteiger partial charge in [0.2, 0.25) is 0 Å². The quantitative estimate of drug-likeness (QED) is 0.676. The monoisotopic (exact) mass is 210 g/mol. The molecule has 1 aromatic rings. The van der Waals surface area contributed by atoms with Crippen molar-refractivity contribution in [3.8, 4) is 0 Å². The fourth-order valence-electron chi connectivity index (χ4n) is 1.69. The molecule has 1 unspecified atom stereocenters. The zero-order valence-corrected chi connectivity index (χ0v) is 9.93. The second-order valence-electron chi connectivity index (χ2n) is 4.18. The SMILES string of the molecule is Cc1ccc(C(CC=O)CC(C)C)s1. The summed E-state index contributed by atoms with van der Waals surface area (Å²) in [6.45, 7) is 6.53. The molecule has 1 atom stereocenters. The summed E-state index contributed by atoms with van der Waals surface area (Å²) in [5.74, 6) is 1.09. The van der Waals surface area contributed by atoms with E-state index in [1.54, 1.807) is 0 Å². The van der Waals surface area contributed by atoms with Crippen molar-refractivity contribution in [2.75, 3.05) is 0 Å². The molecule has 0 aliphatic carbocycles. The highest BCUT2D eigenvalue weighted by atomic mass is 32.1. The fourth-order valence-corrected chi connectivity index (χ4v) is 2.69. The first kappa shape index (κ1) is 11.4. The Balaban J connectivity index is 2.71. The fraction of sp³-hybridized carbons (Fsp3) is 0.583. The molecular weight excluding hydrogens is 192 g/mol. The van der Waals surface area contributed by atoms with Gasteiger partial charge < -0.3 is 4.79 Å². The molecule has 1 rings (SSSR count). The number of thiophene rings is 1. The smallest absolute Gasteiger partial charge is 0.120 e. The van der Waals surface area contributed by atoms with Crippen LogP contribution in [-0.4, -0.2) is 6.29 Å². The van der Waals surface area contributed by atoms with E-state index in [4.69, 9.17) is 0 Å². The van der Waals surface area contributed by atoms with Gasteiger partial charge in [-0.2, -0.15) is 0 Å². The Morgan fingerprint density at radius 3 is 2.57 bits per heavy atom. The van der Waals surface area contributed by atoms with E-state index in [0.717, 1.165) is 12.7 Å². The molecule has 1 nitrogen and oxygen atoms in total. The summed E-state index contributed by atoms with van der Waals surface area (Å²) in [7, 11) is 0. The van der Waals surface area contributed by atoms with Crippen LogP contribution in [0.3, 0.4) is 0 Å². The zero-order valence-electron chi connectivity index (χ0n) is 9.12. The van der Waals surface area contributed by atoms with Gasteiger partial charge in [-0.3, -0.25) is 0 Å². The molecule has 78 valence electrons. The molecule has 0 fully saturated rings. The zero-order chi connectivity index (χ0) is 10.6. The third-order valence-corrected chi connectivity index (χ3v) is 3.46. The lowest BCUT2D eigenvalue weighted by Gasteiger charge is -2.14. The predicted octanol–water partition coefficient (Wildman–Crippen LogP) is 3.78. The first-order valence-electron chi connectivity index (χ1n) is 5.13. The van der Waals surface area contributed by atoms with E-state index in [9.17, 15) is 4.79 Å². The Labute approximate surface area is 90.2 Å². The lowest BCUT2D eigenvalue weighted by Crippen LogP contribution is -2.01. The molecule has 0 amide bonds. The van der Waals surface area contributed by atoms with Crippen LogP contribution >= 0.6 is 11.3 Å². The maximum absolute atomic E-state index is 10.6. The average molecular weight is 210 g/mol. The Morgan fingerprint density at radius 2 is 2.14 bits per heavy atom. The number of hydrogen-bond acceptors (Lipinski definition) is 2. The summed E-state index contributed by atoms with van der Waals surface area (Å²) >= 11 is 1.82. The van der Waals surface area contributed by atoms with Gasteiger partial charge in [-0.25, -0.2) is 0 Å². The molecule has 0 saturated heterocycles. The Morgan fingerprint density at radius 1 is 1.43 bits per heavy atom. The first-order valence-corrected chi connectivity index (χ1v) is 5.95. The maximum atomic E-state index is 10.6. The molecule has 0 aliphatic rings. The average Bonchev–Trinajstić information content (AvgIpc) is 2.50. The van der Waals surface area contributed by atoms with Crippen LogP contribution in [0.4, 0.5) is 0 Å². The van der Waals surface area contributed by atoms with Gasteiger partial charge in [0.1, 0.15) is 6.29 Å². The number of hydrogen-bond donors (Lipinski definition) is 0. The van der Waals surface area contributed by atoms with E-state index in [1.165, 1.54) is 9.75 Å². The Kier molecular flexibility index (Phi) is 4.33. The van der Waals surface area contributed by atoms with E-state index >= 15 is 0 Å². The molecule has 0 bridgehead atoms. The van der Waals surface area contributed by atoms with Gasteiger partial charge in [-0.1, -0.05) is 13.8 Å². The number of aryl methyl sites for hydroxylation is 1. The summed E-state index contributed by atoms with van der Waals surface area (Å²) in [6, 6.07) is 4.30. The van der Waals surface area contributed by atoms with Crippen LogP contribution in [0.25, 0.3) is 0 Å². The van der Waals surface area contributed by atoms with Crippen LogP contribution in [-0.2, 0) is 4.79 Å². The van der Waals surface area contributed by atoms with Gasteiger partial charge in [0, 0.05) is 22.1 Å². The lowest BCUT2D eigenvalue weighted by atomic mass is 9.93. The molecule has 0 N–H and O–H groups in total. The van der Waals surface area contributed by atoms with Crippen molar-refractivity contribution in [2.45, 2.75) is 39.5 Å². The summed E-state index contributed by atoms with van der Waals surface area (Å²) < 4.78 is 0. The van der Waals surface area contributed by atoms with Crippen LogP contribution in [0.5, 0.6) is 0 Å². The third kappa shape index (κ3) is 3.26. The summed E-state index contributed by atoms with van der Waals surface area (Å²) in [5.41, 5.74) is 0. The molecular formula is C12H18OS. The van der Waals surface area contributed by atoms with Crippen LogP contribution in [0.2, 0.25) is 0 Å². The molecule has 0 saturated carbocycles. The van der Waals surface area contributed by atoms with E-state index in [1.807, 2.05) is 11.3 Å². The standard InChI is InChI=1S/C12H18OS/c1-9(2)8-11(6-7-13)12-5-4-10(3)14-12/h4-5,7,9,11H,6,8H2,1-3H3. The largest absolute Gasteiger partial charge is 0.303 e. The summed E-state index contributed by atoms with van der Waals surface area (Å²) in [5, 5.41) is 0. The summed E-state index contributed by atoms with van der Waals surface area (Å²) in [6.07, 6.45) is 2.82. The van der Waals surface area contributed by atoms with E-state index in [2.05, 4.69) is 32.9 Å².